The van der Waals surface area contributed by atoms with E-state index in [4.69, 9.17) is 4.74 Å². The summed E-state index contributed by atoms with van der Waals surface area (Å²) < 4.78 is 5.01. The quantitative estimate of drug-likeness (QED) is 0.484. The zero-order chi connectivity index (χ0) is 10.3. The fourth-order valence-electron chi connectivity index (χ4n) is 1.44. The van der Waals surface area contributed by atoms with Crippen molar-refractivity contribution in [1.29, 1.82) is 0 Å². The van der Waals surface area contributed by atoms with Crippen molar-refractivity contribution in [2.75, 3.05) is 0 Å². The molecule has 0 unspecified atom stereocenters. The monoisotopic (exact) mass is 184 g/mol. The van der Waals surface area contributed by atoms with E-state index in [0.29, 0.717) is 0 Å². The maximum atomic E-state index is 11.6. The second kappa shape index (κ2) is 5.79. The number of allylic oxidation sites excluding steroid dienone is 1. The number of ether oxygens (including phenoxy) is 1. The molecule has 0 heterocycles. The van der Waals surface area contributed by atoms with Crippen LogP contribution >= 0.6 is 0 Å². The fraction of sp³-hybridized carbons (Fsp3) is 0.727. The van der Waals surface area contributed by atoms with Gasteiger partial charge < -0.3 is 4.74 Å². The number of carbonyl (C=O) groups is 1. The van der Waals surface area contributed by atoms with Crippen LogP contribution in [0.2, 0.25) is 0 Å². The fourth-order valence-corrected chi connectivity index (χ4v) is 1.44. The molecule has 76 valence electrons. The third kappa shape index (κ3) is 2.87. The van der Waals surface area contributed by atoms with E-state index in [0.717, 1.165) is 19.3 Å². The molecule has 13 heavy (non-hydrogen) atoms. The Bertz CT molecular complexity index is 170. The maximum Gasteiger partial charge on any atom is 0.316 e. The zero-order valence-corrected chi connectivity index (χ0v) is 9.09. The van der Waals surface area contributed by atoms with E-state index in [1.165, 1.54) is 6.26 Å². The van der Waals surface area contributed by atoms with Crippen molar-refractivity contribution < 1.29 is 9.53 Å². The molecule has 0 aliphatic carbocycles. The Morgan fingerprint density at radius 1 is 1.23 bits per heavy atom. The average molecular weight is 184 g/mol. The van der Waals surface area contributed by atoms with Crippen LogP contribution in [0.15, 0.2) is 12.3 Å². The van der Waals surface area contributed by atoms with Crippen LogP contribution in [-0.2, 0) is 9.53 Å². The summed E-state index contributed by atoms with van der Waals surface area (Å²) in [7, 11) is 0. The third-order valence-electron chi connectivity index (χ3n) is 2.77. The summed E-state index contributed by atoms with van der Waals surface area (Å²) in [4.78, 5) is 11.6. The Balaban J connectivity index is 4.44. The van der Waals surface area contributed by atoms with Gasteiger partial charge in [-0.3, -0.25) is 4.79 Å². The van der Waals surface area contributed by atoms with Crippen LogP contribution in [0.5, 0.6) is 0 Å². The molecular formula is C11H20O2. The van der Waals surface area contributed by atoms with Crippen LogP contribution in [0, 0.1) is 5.41 Å². The Morgan fingerprint density at radius 3 is 2.00 bits per heavy atom. The molecule has 0 rings (SSSR count). The second-order valence-corrected chi connectivity index (χ2v) is 3.22. The van der Waals surface area contributed by atoms with Crippen molar-refractivity contribution in [2.45, 2.75) is 47.0 Å². The van der Waals surface area contributed by atoms with Gasteiger partial charge >= 0.3 is 5.97 Å². The van der Waals surface area contributed by atoms with Crippen LogP contribution < -0.4 is 0 Å². The molecule has 0 aromatic carbocycles. The Hall–Kier alpha value is -0.790. The lowest BCUT2D eigenvalue weighted by Gasteiger charge is -2.26. The standard InChI is InChI=1S/C11H20O2/c1-5-9-13-10(12)11(6-2,7-3)8-4/h5,9H,6-8H2,1-4H3. The average Bonchev–Trinajstić information content (AvgIpc) is 2.18. The zero-order valence-electron chi connectivity index (χ0n) is 9.09. The first kappa shape index (κ1) is 12.2. The Kier molecular flexibility index (Phi) is 5.44. The minimum absolute atomic E-state index is 0.0990. The van der Waals surface area contributed by atoms with Crippen molar-refractivity contribution in [3.8, 4) is 0 Å². The van der Waals surface area contributed by atoms with E-state index in [9.17, 15) is 4.79 Å². The lowest BCUT2D eigenvalue weighted by atomic mass is 9.80. The highest BCUT2D eigenvalue weighted by atomic mass is 16.5. The van der Waals surface area contributed by atoms with Gasteiger partial charge in [0, 0.05) is 0 Å². The topological polar surface area (TPSA) is 26.3 Å². The predicted molar refractivity (Wildman–Crippen MR) is 54.2 cm³/mol. The van der Waals surface area contributed by atoms with Crippen molar-refractivity contribution >= 4 is 5.97 Å². The third-order valence-corrected chi connectivity index (χ3v) is 2.77. The van der Waals surface area contributed by atoms with E-state index in [2.05, 4.69) is 0 Å². The molecule has 2 heteroatoms. The number of esters is 1. The molecular weight excluding hydrogens is 164 g/mol. The van der Waals surface area contributed by atoms with E-state index in [-0.39, 0.29) is 11.4 Å². The number of hydrogen-bond acceptors (Lipinski definition) is 2. The van der Waals surface area contributed by atoms with Crippen molar-refractivity contribution in [2.24, 2.45) is 5.41 Å². The second-order valence-electron chi connectivity index (χ2n) is 3.22. The van der Waals surface area contributed by atoms with Gasteiger partial charge in [-0.2, -0.15) is 0 Å². The summed E-state index contributed by atoms with van der Waals surface area (Å²) in [5.41, 5.74) is -0.278. The lowest BCUT2D eigenvalue weighted by Crippen LogP contribution is -2.29. The highest BCUT2D eigenvalue weighted by Crippen LogP contribution is 2.31. The normalized spacial score (nSPS) is 12.0. The van der Waals surface area contributed by atoms with Gasteiger partial charge in [-0.25, -0.2) is 0 Å². The summed E-state index contributed by atoms with van der Waals surface area (Å²) in [6.45, 7) is 7.93. The van der Waals surface area contributed by atoms with Crippen molar-refractivity contribution in [3.63, 3.8) is 0 Å². The van der Waals surface area contributed by atoms with Crippen LogP contribution in [0.3, 0.4) is 0 Å². The lowest BCUT2D eigenvalue weighted by molar-refractivity contribution is -0.150. The van der Waals surface area contributed by atoms with Gasteiger partial charge in [0.15, 0.2) is 0 Å². The summed E-state index contributed by atoms with van der Waals surface area (Å²) in [5.74, 6) is -0.0990. The van der Waals surface area contributed by atoms with Crippen molar-refractivity contribution in [1.82, 2.24) is 0 Å². The highest BCUT2D eigenvalue weighted by Gasteiger charge is 2.34. The molecule has 0 aromatic rings. The molecule has 0 bridgehead atoms. The molecule has 0 saturated carbocycles. The van der Waals surface area contributed by atoms with E-state index < -0.39 is 0 Å². The molecule has 0 radical (unpaired) electrons. The SMILES string of the molecule is CC=COC(=O)C(CC)(CC)CC. The largest absolute Gasteiger partial charge is 0.434 e. The highest BCUT2D eigenvalue weighted by molar-refractivity contribution is 5.77. The first-order valence-corrected chi connectivity index (χ1v) is 4.99. The molecule has 0 fully saturated rings. The summed E-state index contributed by atoms with van der Waals surface area (Å²) in [6, 6.07) is 0. The molecule has 0 saturated heterocycles. The molecule has 2 nitrogen and oxygen atoms in total. The summed E-state index contributed by atoms with van der Waals surface area (Å²) in [6.07, 6.45) is 5.71. The van der Waals surface area contributed by atoms with Gasteiger partial charge in [0.25, 0.3) is 0 Å². The van der Waals surface area contributed by atoms with Crippen molar-refractivity contribution in [3.05, 3.63) is 12.3 Å². The minimum Gasteiger partial charge on any atom is -0.434 e. The Morgan fingerprint density at radius 2 is 1.69 bits per heavy atom. The molecule has 0 aliphatic heterocycles. The van der Waals surface area contributed by atoms with Gasteiger partial charge in [-0.05, 0) is 26.2 Å². The van der Waals surface area contributed by atoms with E-state index in [1.807, 2.05) is 27.7 Å². The van der Waals surface area contributed by atoms with Crippen LogP contribution in [-0.4, -0.2) is 5.97 Å². The van der Waals surface area contributed by atoms with Gasteiger partial charge in [0.2, 0.25) is 0 Å². The van der Waals surface area contributed by atoms with E-state index in [1.54, 1.807) is 6.08 Å². The molecule has 0 amide bonds. The van der Waals surface area contributed by atoms with Crippen LogP contribution in [0.1, 0.15) is 47.0 Å². The first-order valence-electron chi connectivity index (χ1n) is 4.99. The van der Waals surface area contributed by atoms with Gasteiger partial charge in [0.1, 0.15) is 0 Å². The summed E-state index contributed by atoms with van der Waals surface area (Å²) >= 11 is 0. The van der Waals surface area contributed by atoms with Crippen LogP contribution in [0.25, 0.3) is 0 Å². The molecule has 0 N–H and O–H groups in total. The molecule has 0 aromatic heterocycles. The summed E-state index contributed by atoms with van der Waals surface area (Å²) in [5, 5.41) is 0. The van der Waals surface area contributed by atoms with Crippen LogP contribution in [0.4, 0.5) is 0 Å². The van der Waals surface area contributed by atoms with Gasteiger partial charge in [0.05, 0.1) is 11.7 Å². The van der Waals surface area contributed by atoms with E-state index >= 15 is 0 Å². The van der Waals surface area contributed by atoms with Gasteiger partial charge in [-0.15, -0.1) is 0 Å². The minimum atomic E-state index is -0.278. The predicted octanol–water partition coefficient (Wildman–Crippen LogP) is 3.28. The molecule has 0 atom stereocenters. The first-order chi connectivity index (χ1) is 6.16. The maximum absolute atomic E-state index is 11.6. The Labute approximate surface area is 81.0 Å². The number of rotatable bonds is 5. The molecule has 0 aliphatic rings. The number of hydrogen-bond donors (Lipinski definition) is 0. The van der Waals surface area contributed by atoms with Gasteiger partial charge in [-0.1, -0.05) is 26.8 Å². The molecule has 0 spiro atoms. The smallest absolute Gasteiger partial charge is 0.316 e. The number of carbonyl (C=O) groups excluding carboxylic acids is 1.